The molecule has 1 unspecified atom stereocenters. The van der Waals surface area contributed by atoms with Crippen LogP contribution in [0.1, 0.15) is 17.5 Å². The summed E-state index contributed by atoms with van der Waals surface area (Å²) in [7, 11) is 0. The monoisotopic (exact) mass is 252 g/mol. The average molecular weight is 252 g/mol. The Labute approximate surface area is 105 Å². The lowest BCUT2D eigenvalue weighted by Crippen LogP contribution is -2.57. The molecule has 0 radical (unpaired) electrons. The number of aliphatic hydroxyl groups excluding tert-OH is 1. The van der Waals surface area contributed by atoms with Gasteiger partial charge < -0.3 is 19.7 Å². The van der Waals surface area contributed by atoms with Crippen LogP contribution in [0.4, 0.5) is 0 Å². The number of hydrogen-bond acceptors (Lipinski definition) is 4. The second-order valence-electron chi connectivity index (χ2n) is 4.46. The molecule has 6 heteroatoms. The van der Waals surface area contributed by atoms with Gasteiger partial charge in [0.05, 0.1) is 6.26 Å². The molecule has 1 fully saturated rings. The summed E-state index contributed by atoms with van der Waals surface area (Å²) in [6.45, 7) is 2.83. The van der Waals surface area contributed by atoms with Crippen LogP contribution >= 0.6 is 0 Å². The molecule has 0 aliphatic carbocycles. The normalized spacial score (nSPS) is 17.1. The van der Waals surface area contributed by atoms with Gasteiger partial charge in [-0.05, 0) is 19.1 Å². The van der Waals surface area contributed by atoms with Gasteiger partial charge in [0.25, 0.3) is 5.91 Å². The highest BCUT2D eigenvalue weighted by atomic mass is 16.3. The lowest BCUT2D eigenvalue weighted by molar-refractivity contribution is -0.140. The van der Waals surface area contributed by atoms with Crippen molar-refractivity contribution in [3.05, 3.63) is 24.2 Å². The molecule has 1 saturated heterocycles. The molecule has 98 valence electrons. The number of amides is 2. The SMILES string of the molecule is CC(NC(=O)c1ccco1)C(=O)N1CC(CO)C1. The molecule has 2 amide bonds. The number of furan rings is 1. The van der Waals surface area contributed by atoms with Crippen LogP contribution in [-0.2, 0) is 4.79 Å². The highest BCUT2D eigenvalue weighted by Crippen LogP contribution is 2.15. The first-order valence-electron chi connectivity index (χ1n) is 5.86. The zero-order valence-corrected chi connectivity index (χ0v) is 10.1. The van der Waals surface area contributed by atoms with E-state index < -0.39 is 11.9 Å². The van der Waals surface area contributed by atoms with Crippen LogP contribution in [0.5, 0.6) is 0 Å². The first-order chi connectivity index (χ1) is 8.61. The molecule has 6 nitrogen and oxygen atoms in total. The molecule has 18 heavy (non-hydrogen) atoms. The minimum Gasteiger partial charge on any atom is -0.459 e. The first-order valence-corrected chi connectivity index (χ1v) is 5.86. The molecule has 1 aliphatic heterocycles. The van der Waals surface area contributed by atoms with E-state index in [-0.39, 0.29) is 24.2 Å². The number of carbonyl (C=O) groups excluding carboxylic acids is 2. The van der Waals surface area contributed by atoms with Crippen LogP contribution in [0, 0.1) is 5.92 Å². The van der Waals surface area contributed by atoms with Crippen LogP contribution in [0.2, 0.25) is 0 Å². The average Bonchev–Trinajstić information content (AvgIpc) is 2.80. The van der Waals surface area contributed by atoms with Crippen molar-refractivity contribution in [2.24, 2.45) is 5.92 Å². The maximum atomic E-state index is 11.9. The van der Waals surface area contributed by atoms with Crippen LogP contribution in [-0.4, -0.2) is 47.6 Å². The Bertz CT molecular complexity index is 423. The van der Waals surface area contributed by atoms with Crippen LogP contribution in [0.3, 0.4) is 0 Å². The predicted molar refractivity (Wildman–Crippen MR) is 62.8 cm³/mol. The molecule has 1 aromatic heterocycles. The van der Waals surface area contributed by atoms with Gasteiger partial charge in [-0.15, -0.1) is 0 Å². The largest absolute Gasteiger partial charge is 0.459 e. The molecule has 1 aromatic rings. The van der Waals surface area contributed by atoms with E-state index in [2.05, 4.69) is 5.32 Å². The first kappa shape index (κ1) is 12.6. The Morgan fingerprint density at radius 2 is 2.33 bits per heavy atom. The number of nitrogens with one attached hydrogen (secondary N) is 1. The van der Waals surface area contributed by atoms with Gasteiger partial charge in [0.1, 0.15) is 6.04 Å². The van der Waals surface area contributed by atoms with E-state index in [4.69, 9.17) is 9.52 Å². The topological polar surface area (TPSA) is 82.8 Å². The third-order valence-corrected chi connectivity index (χ3v) is 2.99. The molecule has 0 bridgehead atoms. The minimum absolute atomic E-state index is 0.0942. The van der Waals surface area contributed by atoms with Gasteiger partial charge in [-0.3, -0.25) is 9.59 Å². The highest BCUT2D eigenvalue weighted by molar-refractivity contribution is 5.95. The van der Waals surface area contributed by atoms with E-state index in [0.717, 1.165) is 0 Å². The summed E-state index contributed by atoms with van der Waals surface area (Å²) in [6, 6.07) is 2.56. The van der Waals surface area contributed by atoms with E-state index in [1.54, 1.807) is 17.9 Å². The lowest BCUT2D eigenvalue weighted by Gasteiger charge is -2.39. The number of hydrogen-bond donors (Lipinski definition) is 2. The fourth-order valence-corrected chi connectivity index (χ4v) is 1.88. The summed E-state index contributed by atoms with van der Waals surface area (Å²) in [5, 5.41) is 11.5. The van der Waals surface area contributed by atoms with Gasteiger partial charge >= 0.3 is 0 Å². The van der Waals surface area contributed by atoms with E-state index in [9.17, 15) is 9.59 Å². The predicted octanol–water partition coefficient (Wildman–Crippen LogP) is -0.151. The van der Waals surface area contributed by atoms with Crippen molar-refractivity contribution < 1.29 is 19.1 Å². The Kier molecular flexibility index (Phi) is 3.66. The zero-order chi connectivity index (χ0) is 13.1. The van der Waals surface area contributed by atoms with Crippen molar-refractivity contribution in [2.75, 3.05) is 19.7 Å². The van der Waals surface area contributed by atoms with Crippen LogP contribution in [0.15, 0.2) is 22.8 Å². The molecular weight excluding hydrogens is 236 g/mol. The Morgan fingerprint density at radius 3 is 2.89 bits per heavy atom. The highest BCUT2D eigenvalue weighted by Gasteiger charge is 2.33. The molecular formula is C12H16N2O4. The summed E-state index contributed by atoms with van der Waals surface area (Å²) in [5.74, 6) is -0.187. The van der Waals surface area contributed by atoms with Crippen molar-refractivity contribution in [1.29, 1.82) is 0 Å². The smallest absolute Gasteiger partial charge is 0.287 e. The zero-order valence-electron chi connectivity index (χ0n) is 10.1. The number of nitrogens with zero attached hydrogens (tertiary/aromatic N) is 1. The summed E-state index contributed by atoms with van der Waals surface area (Å²) in [4.78, 5) is 25.2. The summed E-state index contributed by atoms with van der Waals surface area (Å²) in [5.41, 5.74) is 0. The maximum absolute atomic E-state index is 11.9. The molecule has 2 N–H and O–H groups in total. The quantitative estimate of drug-likeness (QED) is 0.780. The molecule has 0 saturated carbocycles. The minimum atomic E-state index is -0.595. The van der Waals surface area contributed by atoms with Crippen molar-refractivity contribution in [3.63, 3.8) is 0 Å². The van der Waals surface area contributed by atoms with Crippen molar-refractivity contribution >= 4 is 11.8 Å². The maximum Gasteiger partial charge on any atom is 0.287 e. The second-order valence-corrected chi connectivity index (χ2v) is 4.46. The Hall–Kier alpha value is -1.82. The Morgan fingerprint density at radius 1 is 1.61 bits per heavy atom. The van der Waals surface area contributed by atoms with Gasteiger partial charge in [-0.2, -0.15) is 0 Å². The molecule has 2 rings (SSSR count). The molecule has 0 aromatic carbocycles. The van der Waals surface area contributed by atoms with E-state index in [1.165, 1.54) is 12.3 Å². The van der Waals surface area contributed by atoms with Gasteiger partial charge in [0, 0.05) is 25.6 Å². The molecule has 1 aliphatic rings. The van der Waals surface area contributed by atoms with Gasteiger partial charge in [-0.25, -0.2) is 0 Å². The second kappa shape index (κ2) is 5.22. The van der Waals surface area contributed by atoms with Crippen molar-refractivity contribution in [3.8, 4) is 0 Å². The Balaban J connectivity index is 1.83. The fourth-order valence-electron chi connectivity index (χ4n) is 1.88. The number of carbonyl (C=O) groups is 2. The third-order valence-electron chi connectivity index (χ3n) is 2.99. The van der Waals surface area contributed by atoms with E-state index >= 15 is 0 Å². The summed E-state index contributed by atoms with van der Waals surface area (Å²) in [6.07, 6.45) is 1.41. The van der Waals surface area contributed by atoms with E-state index in [0.29, 0.717) is 13.1 Å². The van der Waals surface area contributed by atoms with Gasteiger partial charge in [0.15, 0.2) is 5.76 Å². The van der Waals surface area contributed by atoms with E-state index in [1.807, 2.05) is 0 Å². The van der Waals surface area contributed by atoms with Crippen LogP contribution < -0.4 is 5.32 Å². The summed E-state index contributed by atoms with van der Waals surface area (Å²) < 4.78 is 4.94. The van der Waals surface area contributed by atoms with Gasteiger partial charge in [0.2, 0.25) is 5.91 Å². The van der Waals surface area contributed by atoms with Crippen molar-refractivity contribution in [1.82, 2.24) is 10.2 Å². The summed E-state index contributed by atoms with van der Waals surface area (Å²) >= 11 is 0. The number of aliphatic hydroxyl groups is 1. The number of likely N-dealkylation sites (tertiary alicyclic amines) is 1. The third kappa shape index (κ3) is 2.53. The molecule has 0 spiro atoms. The fraction of sp³-hybridized carbons (Fsp3) is 0.500. The lowest BCUT2D eigenvalue weighted by atomic mass is 10.0. The molecule has 1 atom stereocenters. The number of rotatable bonds is 4. The van der Waals surface area contributed by atoms with Crippen LogP contribution in [0.25, 0.3) is 0 Å². The standard InChI is InChI=1S/C12H16N2O4/c1-8(12(17)14-5-9(6-14)7-15)13-11(16)10-3-2-4-18-10/h2-4,8-9,15H,5-7H2,1H3,(H,13,16). The van der Waals surface area contributed by atoms with Gasteiger partial charge in [-0.1, -0.05) is 0 Å². The van der Waals surface area contributed by atoms with Crippen molar-refractivity contribution in [2.45, 2.75) is 13.0 Å². The molecule has 2 heterocycles.